The molecule has 0 aliphatic heterocycles. The maximum atomic E-state index is 11.7. The van der Waals surface area contributed by atoms with Gasteiger partial charge in [-0.3, -0.25) is 4.79 Å². The second kappa shape index (κ2) is 4.85. The zero-order chi connectivity index (χ0) is 11.4. The van der Waals surface area contributed by atoms with Crippen LogP contribution in [0.4, 0.5) is 0 Å². The fourth-order valence-corrected chi connectivity index (χ4v) is 2.05. The average molecular weight is 236 g/mol. The number of rotatable bonds is 4. The zero-order valence-electron chi connectivity index (χ0n) is 8.82. The molecule has 2 heterocycles. The molecule has 0 saturated heterocycles. The summed E-state index contributed by atoms with van der Waals surface area (Å²) in [7, 11) is 1.59. The van der Waals surface area contributed by atoms with Crippen LogP contribution < -0.4 is 10.1 Å². The van der Waals surface area contributed by atoms with Crippen molar-refractivity contribution < 1.29 is 9.53 Å². The Balaban J connectivity index is 1.93. The summed E-state index contributed by atoms with van der Waals surface area (Å²) in [5, 5.41) is 4.65. The monoisotopic (exact) mass is 236 g/mol. The third kappa shape index (κ3) is 2.43. The number of hydrogen-bond donors (Lipinski definition) is 2. The van der Waals surface area contributed by atoms with Gasteiger partial charge in [0, 0.05) is 30.4 Å². The number of nitrogens with one attached hydrogen (secondary N) is 2. The molecule has 0 aliphatic rings. The van der Waals surface area contributed by atoms with Gasteiger partial charge in [0.2, 0.25) is 0 Å². The lowest BCUT2D eigenvalue weighted by Crippen LogP contribution is -2.21. The van der Waals surface area contributed by atoms with Crippen molar-refractivity contribution in [3.05, 3.63) is 40.3 Å². The molecule has 0 spiro atoms. The van der Waals surface area contributed by atoms with Gasteiger partial charge >= 0.3 is 0 Å². The molecule has 0 bridgehead atoms. The molecular weight excluding hydrogens is 224 g/mol. The molecule has 2 aromatic heterocycles. The molecule has 16 heavy (non-hydrogen) atoms. The first-order valence-electron chi connectivity index (χ1n) is 4.82. The van der Waals surface area contributed by atoms with Crippen molar-refractivity contribution in [1.29, 1.82) is 0 Å². The molecule has 0 atom stereocenters. The molecular formula is C11H12N2O2S. The van der Waals surface area contributed by atoms with Crippen LogP contribution in [-0.2, 0) is 6.54 Å². The van der Waals surface area contributed by atoms with E-state index in [1.54, 1.807) is 13.2 Å². The number of hydrogen-bond acceptors (Lipinski definition) is 3. The van der Waals surface area contributed by atoms with Gasteiger partial charge < -0.3 is 15.0 Å². The molecule has 0 aromatic carbocycles. The first kappa shape index (κ1) is 10.8. The Labute approximate surface area is 97.3 Å². The SMILES string of the molecule is COc1csc(C(=O)NCc2cc[nH]c2)c1. The summed E-state index contributed by atoms with van der Waals surface area (Å²) in [5.41, 5.74) is 1.05. The maximum absolute atomic E-state index is 11.7. The first-order valence-corrected chi connectivity index (χ1v) is 5.70. The van der Waals surface area contributed by atoms with Crippen molar-refractivity contribution in [3.8, 4) is 5.75 Å². The number of methoxy groups -OCH3 is 1. The van der Waals surface area contributed by atoms with Crippen LogP contribution in [0.1, 0.15) is 15.2 Å². The first-order chi connectivity index (χ1) is 7.79. The highest BCUT2D eigenvalue weighted by Gasteiger charge is 2.08. The highest BCUT2D eigenvalue weighted by atomic mass is 32.1. The lowest BCUT2D eigenvalue weighted by Gasteiger charge is -2.00. The summed E-state index contributed by atoms with van der Waals surface area (Å²) in [6.07, 6.45) is 3.69. The molecule has 2 rings (SSSR count). The standard InChI is InChI=1S/C11H12N2O2S/c1-15-9-4-10(16-7-9)11(14)13-6-8-2-3-12-5-8/h2-5,7,12H,6H2,1H3,(H,13,14). The van der Waals surface area contributed by atoms with Gasteiger partial charge in [-0.05, 0) is 11.6 Å². The van der Waals surface area contributed by atoms with Gasteiger partial charge in [-0.25, -0.2) is 0 Å². The van der Waals surface area contributed by atoms with E-state index in [9.17, 15) is 4.79 Å². The lowest BCUT2D eigenvalue weighted by atomic mass is 10.3. The molecule has 0 saturated carbocycles. The Morgan fingerprint density at radius 2 is 2.50 bits per heavy atom. The van der Waals surface area contributed by atoms with E-state index in [0.29, 0.717) is 11.4 Å². The predicted octanol–water partition coefficient (Wildman–Crippen LogP) is 2.01. The summed E-state index contributed by atoms with van der Waals surface area (Å²) in [5.74, 6) is 0.645. The molecule has 0 fully saturated rings. The number of amides is 1. The normalized spacial score (nSPS) is 10.1. The third-order valence-corrected chi connectivity index (χ3v) is 3.06. The molecule has 2 N–H and O–H groups in total. The fourth-order valence-electron chi connectivity index (χ4n) is 1.28. The van der Waals surface area contributed by atoms with Crippen LogP contribution in [0.2, 0.25) is 0 Å². The van der Waals surface area contributed by atoms with Crippen LogP contribution in [0.25, 0.3) is 0 Å². The van der Waals surface area contributed by atoms with E-state index >= 15 is 0 Å². The number of H-pyrrole nitrogens is 1. The minimum absolute atomic E-state index is 0.0745. The van der Waals surface area contributed by atoms with Gasteiger partial charge in [0.05, 0.1) is 12.0 Å². The minimum atomic E-state index is -0.0745. The van der Waals surface area contributed by atoms with E-state index in [0.717, 1.165) is 11.3 Å². The number of carbonyl (C=O) groups excluding carboxylic acids is 1. The fraction of sp³-hybridized carbons (Fsp3) is 0.182. The summed E-state index contributed by atoms with van der Waals surface area (Å²) in [6.45, 7) is 0.530. The van der Waals surface area contributed by atoms with Gasteiger partial charge in [-0.2, -0.15) is 0 Å². The third-order valence-electron chi connectivity index (χ3n) is 2.15. The molecule has 0 radical (unpaired) electrons. The lowest BCUT2D eigenvalue weighted by molar-refractivity contribution is 0.0955. The van der Waals surface area contributed by atoms with Crippen molar-refractivity contribution in [3.63, 3.8) is 0 Å². The van der Waals surface area contributed by atoms with E-state index in [-0.39, 0.29) is 5.91 Å². The minimum Gasteiger partial charge on any atom is -0.496 e. The van der Waals surface area contributed by atoms with E-state index in [2.05, 4.69) is 10.3 Å². The van der Waals surface area contributed by atoms with Crippen LogP contribution in [0.15, 0.2) is 29.9 Å². The van der Waals surface area contributed by atoms with Gasteiger partial charge in [0.25, 0.3) is 5.91 Å². The highest BCUT2D eigenvalue weighted by Crippen LogP contribution is 2.20. The largest absolute Gasteiger partial charge is 0.496 e. The Morgan fingerprint density at radius 3 is 3.12 bits per heavy atom. The summed E-state index contributed by atoms with van der Waals surface area (Å²) >= 11 is 1.37. The summed E-state index contributed by atoms with van der Waals surface area (Å²) in [6, 6.07) is 3.66. The van der Waals surface area contributed by atoms with Gasteiger partial charge in [0.1, 0.15) is 5.75 Å². The second-order valence-corrected chi connectivity index (χ2v) is 4.16. The van der Waals surface area contributed by atoms with E-state index < -0.39 is 0 Å². The highest BCUT2D eigenvalue weighted by molar-refractivity contribution is 7.12. The Morgan fingerprint density at radius 1 is 1.62 bits per heavy atom. The van der Waals surface area contributed by atoms with E-state index in [1.807, 2.05) is 23.8 Å². The quantitative estimate of drug-likeness (QED) is 0.853. The van der Waals surface area contributed by atoms with Crippen molar-refractivity contribution in [2.75, 3.05) is 7.11 Å². The van der Waals surface area contributed by atoms with Gasteiger partial charge in [-0.1, -0.05) is 0 Å². The maximum Gasteiger partial charge on any atom is 0.261 e. The van der Waals surface area contributed by atoms with Crippen molar-refractivity contribution in [2.45, 2.75) is 6.54 Å². The van der Waals surface area contributed by atoms with Crippen LogP contribution in [-0.4, -0.2) is 18.0 Å². The van der Waals surface area contributed by atoms with Crippen LogP contribution in [0.5, 0.6) is 5.75 Å². The van der Waals surface area contributed by atoms with Crippen molar-refractivity contribution in [2.24, 2.45) is 0 Å². The number of aromatic nitrogens is 1. The molecule has 1 amide bonds. The average Bonchev–Trinajstić information content (AvgIpc) is 2.96. The van der Waals surface area contributed by atoms with Crippen LogP contribution >= 0.6 is 11.3 Å². The number of aromatic amines is 1. The predicted molar refractivity (Wildman–Crippen MR) is 62.8 cm³/mol. The smallest absolute Gasteiger partial charge is 0.261 e. The Bertz CT molecular complexity index is 462. The molecule has 84 valence electrons. The topological polar surface area (TPSA) is 54.1 Å². The van der Waals surface area contributed by atoms with Crippen LogP contribution in [0, 0.1) is 0 Å². The van der Waals surface area contributed by atoms with E-state index in [1.165, 1.54) is 11.3 Å². The molecule has 4 nitrogen and oxygen atoms in total. The number of carbonyl (C=O) groups is 1. The Kier molecular flexibility index (Phi) is 3.26. The molecule has 2 aromatic rings. The van der Waals surface area contributed by atoms with Gasteiger partial charge in [-0.15, -0.1) is 11.3 Å². The van der Waals surface area contributed by atoms with Crippen molar-refractivity contribution >= 4 is 17.2 Å². The zero-order valence-corrected chi connectivity index (χ0v) is 9.64. The Hall–Kier alpha value is -1.75. The summed E-state index contributed by atoms with van der Waals surface area (Å²) in [4.78, 5) is 15.3. The van der Waals surface area contributed by atoms with Gasteiger partial charge in [0.15, 0.2) is 0 Å². The van der Waals surface area contributed by atoms with Crippen LogP contribution in [0.3, 0.4) is 0 Å². The second-order valence-electron chi connectivity index (χ2n) is 3.25. The molecule has 0 unspecified atom stereocenters. The molecule has 5 heteroatoms. The molecule has 0 aliphatic carbocycles. The summed E-state index contributed by atoms with van der Waals surface area (Å²) < 4.78 is 5.02. The number of thiophene rings is 1. The van der Waals surface area contributed by atoms with E-state index in [4.69, 9.17) is 4.74 Å². The number of ether oxygens (including phenoxy) is 1. The van der Waals surface area contributed by atoms with Crippen molar-refractivity contribution in [1.82, 2.24) is 10.3 Å².